The highest BCUT2D eigenvalue weighted by atomic mass is 19.3. The van der Waals surface area contributed by atoms with Crippen LogP contribution in [0.25, 0.3) is 0 Å². The fourth-order valence-electron chi connectivity index (χ4n) is 3.35. The minimum Gasteiger partial charge on any atom is -0.445 e. The van der Waals surface area contributed by atoms with Crippen LogP contribution in [0.5, 0.6) is 0 Å². The predicted octanol–water partition coefficient (Wildman–Crippen LogP) is 4.40. The first-order valence-corrected chi connectivity index (χ1v) is 9.04. The molecule has 27 heavy (non-hydrogen) atoms. The van der Waals surface area contributed by atoms with Crippen molar-refractivity contribution in [2.75, 3.05) is 24.5 Å². The lowest BCUT2D eigenvalue weighted by Crippen LogP contribution is -2.58. The highest BCUT2D eigenvalue weighted by Gasteiger charge is 2.37. The summed E-state index contributed by atoms with van der Waals surface area (Å²) in [4.78, 5) is 15.5. The molecule has 1 atom stereocenters. The summed E-state index contributed by atoms with van der Waals surface area (Å²) in [5.41, 5.74) is 3.96. The van der Waals surface area contributed by atoms with E-state index in [4.69, 9.17) is 4.74 Å². The van der Waals surface area contributed by atoms with E-state index < -0.39 is 18.6 Å². The van der Waals surface area contributed by atoms with Crippen LogP contribution in [0.1, 0.15) is 16.7 Å². The topological polar surface area (TPSA) is 32.8 Å². The molecule has 1 saturated heterocycles. The van der Waals surface area contributed by atoms with Crippen molar-refractivity contribution in [3.63, 3.8) is 0 Å². The van der Waals surface area contributed by atoms with Crippen molar-refractivity contribution in [1.29, 1.82) is 0 Å². The summed E-state index contributed by atoms with van der Waals surface area (Å²) in [6.45, 7) is 4.85. The largest absolute Gasteiger partial charge is 0.445 e. The zero-order valence-corrected chi connectivity index (χ0v) is 15.6. The molecule has 144 valence electrons. The van der Waals surface area contributed by atoms with Gasteiger partial charge in [-0.2, -0.15) is 0 Å². The zero-order chi connectivity index (χ0) is 19.4. The number of piperazine rings is 1. The predicted molar refractivity (Wildman–Crippen MR) is 101 cm³/mol. The van der Waals surface area contributed by atoms with Crippen LogP contribution in [0, 0.1) is 13.8 Å². The number of benzene rings is 2. The third kappa shape index (κ3) is 4.38. The van der Waals surface area contributed by atoms with Crippen molar-refractivity contribution in [3.8, 4) is 0 Å². The second-order valence-electron chi connectivity index (χ2n) is 6.80. The minimum atomic E-state index is -2.64. The second kappa shape index (κ2) is 8.37. The molecule has 0 N–H and O–H groups in total. The number of anilines is 1. The highest BCUT2D eigenvalue weighted by Crippen LogP contribution is 2.27. The van der Waals surface area contributed by atoms with Gasteiger partial charge in [-0.05, 0) is 36.6 Å². The van der Waals surface area contributed by atoms with E-state index in [0.29, 0.717) is 6.54 Å². The average Bonchev–Trinajstić information content (AvgIpc) is 2.68. The van der Waals surface area contributed by atoms with E-state index in [1.165, 1.54) is 0 Å². The molecule has 1 fully saturated rings. The fourth-order valence-corrected chi connectivity index (χ4v) is 3.35. The third-order valence-corrected chi connectivity index (χ3v) is 5.07. The molecule has 1 aliphatic heterocycles. The number of rotatable bonds is 4. The first-order chi connectivity index (χ1) is 13.0. The van der Waals surface area contributed by atoms with Gasteiger partial charge in [0.15, 0.2) is 0 Å². The Morgan fingerprint density at radius 3 is 2.56 bits per heavy atom. The summed E-state index contributed by atoms with van der Waals surface area (Å²) in [6, 6.07) is 13.9. The Kier molecular flexibility index (Phi) is 5.94. The Balaban J connectivity index is 1.69. The maximum Gasteiger partial charge on any atom is 0.410 e. The lowest BCUT2D eigenvalue weighted by atomic mass is 10.1. The third-order valence-electron chi connectivity index (χ3n) is 5.07. The van der Waals surface area contributed by atoms with Gasteiger partial charge in [0.1, 0.15) is 12.6 Å². The Bertz CT molecular complexity index is 783. The standard InChI is InChI=1S/C21H24F2N2O2/c1-15-7-6-10-18(16(15)2)24-11-12-25(19(13-24)20(22)23)21(26)27-14-17-8-4-3-5-9-17/h3-10,19-20H,11-14H2,1-2H3. The van der Waals surface area contributed by atoms with E-state index in [-0.39, 0.29) is 19.7 Å². The number of halogens is 2. The molecule has 6 heteroatoms. The van der Waals surface area contributed by atoms with Crippen molar-refractivity contribution in [3.05, 3.63) is 65.2 Å². The first kappa shape index (κ1) is 19.1. The summed E-state index contributed by atoms with van der Waals surface area (Å²) in [5, 5.41) is 0. The van der Waals surface area contributed by atoms with Crippen LogP contribution in [-0.4, -0.2) is 43.1 Å². The molecule has 2 aromatic carbocycles. The molecule has 0 saturated carbocycles. The number of amides is 1. The minimum absolute atomic E-state index is 0.0762. The second-order valence-corrected chi connectivity index (χ2v) is 6.80. The quantitative estimate of drug-likeness (QED) is 0.795. The van der Waals surface area contributed by atoms with Gasteiger partial charge in [-0.15, -0.1) is 0 Å². The number of carbonyl (C=O) groups is 1. The summed E-state index contributed by atoms with van der Waals surface area (Å²) >= 11 is 0. The number of nitrogens with zero attached hydrogens (tertiary/aromatic N) is 2. The summed E-state index contributed by atoms with van der Waals surface area (Å²) in [6.07, 6.45) is -3.33. The van der Waals surface area contributed by atoms with Crippen molar-refractivity contribution in [1.82, 2.24) is 4.90 Å². The smallest absolute Gasteiger partial charge is 0.410 e. The average molecular weight is 374 g/mol. The molecular weight excluding hydrogens is 350 g/mol. The SMILES string of the molecule is Cc1cccc(N2CCN(C(=O)OCc3ccccc3)C(C(F)F)C2)c1C. The lowest BCUT2D eigenvalue weighted by Gasteiger charge is -2.41. The molecule has 1 heterocycles. The number of carbonyl (C=O) groups excluding carboxylic acids is 1. The molecule has 2 aromatic rings. The zero-order valence-electron chi connectivity index (χ0n) is 15.6. The Hall–Kier alpha value is -2.63. The van der Waals surface area contributed by atoms with E-state index in [0.717, 1.165) is 27.3 Å². The molecule has 1 aliphatic rings. The molecule has 0 spiro atoms. The Morgan fingerprint density at radius 2 is 1.85 bits per heavy atom. The van der Waals surface area contributed by atoms with Gasteiger partial charge in [-0.1, -0.05) is 42.5 Å². The van der Waals surface area contributed by atoms with Crippen LogP contribution >= 0.6 is 0 Å². The van der Waals surface area contributed by atoms with Gasteiger partial charge in [0.05, 0.1) is 0 Å². The van der Waals surface area contributed by atoms with Crippen LogP contribution in [0.3, 0.4) is 0 Å². The fraction of sp³-hybridized carbons (Fsp3) is 0.381. The van der Waals surface area contributed by atoms with Gasteiger partial charge >= 0.3 is 6.09 Å². The van der Waals surface area contributed by atoms with Gasteiger partial charge in [-0.3, -0.25) is 4.90 Å². The molecule has 0 aliphatic carbocycles. The van der Waals surface area contributed by atoms with Crippen LogP contribution in [0.15, 0.2) is 48.5 Å². The maximum atomic E-state index is 13.7. The van der Waals surface area contributed by atoms with Gasteiger partial charge in [0, 0.05) is 25.3 Å². The number of ether oxygens (including phenoxy) is 1. The van der Waals surface area contributed by atoms with E-state index in [2.05, 4.69) is 0 Å². The molecule has 0 radical (unpaired) electrons. The number of hydrogen-bond donors (Lipinski definition) is 0. The summed E-state index contributed by atoms with van der Waals surface area (Å²) in [7, 11) is 0. The van der Waals surface area contributed by atoms with Crippen molar-refractivity contribution < 1.29 is 18.3 Å². The number of alkyl halides is 2. The van der Waals surface area contributed by atoms with E-state index in [1.54, 1.807) is 0 Å². The molecule has 1 amide bonds. The number of aryl methyl sites for hydroxylation is 1. The van der Waals surface area contributed by atoms with Crippen molar-refractivity contribution >= 4 is 11.8 Å². The van der Waals surface area contributed by atoms with Gasteiger partial charge < -0.3 is 9.64 Å². The van der Waals surface area contributed by atoms with Crippen LogP contribution in [0.4, 0.5) is 19.3 Å². The van der Waals surface area contributed by atoms with E-state index in [9.17, 15) is 13.6 Å². The summed E-state index contributed by atoms with van der Waals surface area (Å²) < 4.78 is 32.6. The van der Waals surface area contributed by atoms with Gasteiger partial charge in [0.25, 0.3) is 6.43 Å². The van der Waals surface area contributed by atoms with Crippen molar-refractivity contribution in [2.24, 2.45) is 0 Å². The Morgan fingerprint density at radius 1 is 1.11 bits per heavy atom. The van der Waals surface area contributed by atoms with Crippen LogP contribution in [-0.2, 0) is 11.3 Å². The van der Waals surface area contributed by atoms with Crippen LogP contribution < -0.4 is 4.90 Å². The monoisotopic (exact) mass is 374 g/mol. The summed E-state index contributed by atoms with van der Waals surface area (Å²) in [5.74, 6) is 0. The van der Waals surface area contributed by atoms with E-state index >= 15 is 0 Å². The van der Waals surface area contributed by atoms with Gasteiger partial charge in [-0.25, -0.2) is 13.6 Å². The van der Waals surface area contributed by atoms with Gasteiger partial charge in [0.2, 0.25) is 0 Å². The first-order valence-electron chi connectivity index (χ1n) is 9.04. The molecule has 1 unspecified atom stereocenters. The molecule has 0 bridgehead atoms. The van der Waals surface area contributed by atoms with E-state index in [1.807, 2.05) is 67.3 Å². The van der Waals surface area contributed by atoms with Crippen molar-refractivity contribution in [2.45, 2.75) is 32.9 Å². The maximum absolute atomic E-state index is 13.7. The molecule has 3 rings (SSSR count). The molecule has 4 nitrogen and oxygen atoms in total. The van der Waals surface area contributed by atoms with Crippen LogP contribution in [0.2, 0.25) is 0 Å². The lowest BCUT2D eigenvalue weighted by molar-refractivity contribution is 0.00992. The number of hydrogen-bond acceptors (Lipinski definition) is 3. The molecule has 0 aromatic heterocycles. The molecular formula is C21H24F2N2O2. The Labute approximate surface area is 158 Å². The normalized spacial score (nSPS) is 17.3. The highest BCUT2D eigenvalue weighted by molar-refractivity contribution is 5.69.